The average Bonchev–Trinajstić information content (AvgIpc) is 2.82. The molecule has 0 radical (unpaired) electrons. The molecule has 1 heterocycles. The molecule has 8 heteroatoms. The zero-order valence-corrected chi connectivity index (χ0v) is 17.2. The zero-order valence-electron chi connectivity index (χ0n) is 17.2. The van der Waals surface area contributed by atoms with E-state index in [1.165, 1.54) is 6.20 Å². The number of carboxylic acids is 1. The molecule has 3 N–H and O–H groups in total. The van der Waals surface area contributed by atoms with Gasteiger partial charge < -0.3 is 9.84 Å². The number of rotatable bonds is 7. The van der Waals surface area contributed by atoms with E-state index >= 15 is 0 Å². The van der Waals surface area contributed by atoms with E-state index in [0.29, 0.717) is 18.1 Å². The Labute approximate surface area is 184 Å². The number of carbonyl (C=O) groups excluding carboxylic acids is 2. The molecule has 0 aliphatic rings. The number of ether oxygens (including phenoxy) is 1. The third kappa shape index (κ3) is 6.02. The summed E-state index contributed by atoms with van der Waals surface area (Å²) >= 11 is 0. The molecule has 0 aliphatic carbocycles. The van der Waals surface area contributed by atoms with E-state index in [4.69, 9.17) is 9.84 Å². The number of hydrogen-bond acceptors (Lipinski definition) is 5. The van der Waals surface area contributed by atoms with Gasteiger partial charge in [0.05, 0.1) is 12.7 Å². The fraction of sp³-hybridized carbons (Fsp3) is 0.0833. The minimum Gasteiger partial charge on any atom is -0.497 e. The molecule has 0 unspecified atom stereocenters. The molecule has 8 nitrogen and oxygen atoms in total. The van der Waals surface area contributed by atoms with Crippen LogP contribution in [-0.2, 0) is 16.0 Å². The van der Waals surface area contributed by atoms with Crippen molar-refractivity contribution in [1.82, 2.24) is 15.8 Å². The number of amides is 2. The van der Waals surface area contributed by atoms with Crippen LogP contribution in [-0.4, -0.2) is 35.0 Å². The fourth-order valence-corrected chi connectivity index (χ4v) is 2.97. The van der Waals surface area contributed by atoms with Crippen molar-refractivity contribution < 1.29 is 24.2 Å². The highest BCUT2D eigenvalue weighted by Crippen LogP contribution is 2.23. The SMILES string of the molecule is COc1ccc(-c2ccc(Cc3ccncc3C(=O)NNC(=O)/C=C/C(=O)O)cc2)cc1. The van der Waals surface area contributed by atoms with Crippen LogP contribution in [0.3, 0.4) is 0 Å². The van der Waals surface area contributed by atoms with Crippen LogP contribution in [0.25, 0.3) is 11.1 Å². The summed E-state index contributed by atoms with van der Waals surface area (Å²) in [5.41, 5.74) is 8.54. The lowest BCUT2D eigenvalue weighted by molar-refractivity contribution is -0.131. The Morgan fingerprint density at radius 3 is 2.22 bits per heavy atom. The first kappa shape index (κ1) is 22.2. The molecule has 0 saturated heterocycles. The molecule has 0 aliphatic heterocycles. The van der Waals surface area contributed by atoms with Crippen molar-refractivity contribution in [2.45, 2.75) is 6.42 Å². The van der Waals surface area contributed by atoms with Crippen molar-refractivity contribution >= 4 is 17.8 Å². The molecule has 32 heavy (non-hydrogen) atoms. The molecule has 3 rings (SSSR count). The number of carboxylic acid groups (broad SMARTS) is 1. The van der Waals surface area contributed by atoms with E-state index in [1.54, 1.807) is 19.4 Å². The van der Waals surface area contributed by atoms with Gasteiger partial charge >= 0.3 is 5.97 Å². The van der Waals surface area contributed by atoms with Crippen molar-refractivity contribution in [2.24, 2.45) is 0 Å². The normalized spacial score (nSPS) is 10.5. The smallest absolute Gasteiger partial charge is 0.328 e. The highest BCUT2D eigenvalue weighted by Gasteiger charge is 2.13. The molecule has 2 amide bonds. The van der Waals surface area contributed by atoms with Crippen LogP contribution < -0.4 is 15.6 Å². The van der Waals surface area contributed by atoms with Crippen molar-refractivity contribution in [3.05, 3.63) is 95.8 Å². The number of methoxy groups -OCH3 is 1. The predicted octanol–water partition coefficient (Wildman–Crippen LogP) is 2.75. The quantitative estimate of drug-likeness (QED) is 0.391. The van der Waals surface area contributed by atoms with Gasteiger partial charge in [-0.25, -0.2) is 4.79 Å². The van der Waals surface area contributed by atoms with Crippen LogP contribution in [0.1, 0.15) is 21.5 Å². The number of carbonyl (C=O) groups is 3. The number of nitrogens with zero attached hydrogens (tertiary/aromatic N) is 1. The molecule has 0 atom stereocenters. The van der Waals surface area contributed by atoms with E-state index in [0.717, 1.165) is 34.1 Å². The van der Waals surface area contributed by atoms with Gasteiger partial charge in [-0.1, -0.05) is 36.4 Å². The molecular formula is C24H21N3O5. The third-order valence-electron chi connectivity index (χ3n) is 4.60. The fourth-order valence-electron chi connectivity index (χ4n) is 2.97. The van der Waals surface area contributed by atoms with Crippen LogP contribution in [0, 0.1) is 0 Å². The van der Waals surface area contributed by atoms with Gasteiger partial charge in [0.25, 0.3) is 11.8 Å². The molecule has 1 aromatic heterocycles. The number of pyridine rings is 1. The van der Waals surface area contributed by atoms with Gasteiger partial charge in [0, 0.05) is 24.5 Å². The van der Waals surface area contributed by atoms with Crippen molar-refractivity contribution in [3.8, 4) is 16.9 Å². The Balaban J connectivity index is 1.68. The van der Waals surface area contributed by atoms with Crippen LogP contribution in [0.4, 0.5) is 0 Å². The van der Waals surface area contributed by atoms with Crippen LogP contribution in [0.2, 0.25) is 0 Å². The second kappa shape index (κ2) is 10.5. The Morgan fingerprint density at radius 1 is 0.938 bits per heavy atom. The number of aliphatic carboxylic acids is 1. The summed E-state index contributed by atoms with van der Waals surface area (Å²) < 4.78 is 5.19. The van der Waals surface area contributed by atoms with E-state index in [2.05, 4.69) is 15.8 Å². The van der Waals surface area contributed by atoms with Gasteiger partial charge in [-0.15, -0.1) is 0 Å². The van der Waals surface area contributed by atoms with Gasteiger partial charge in [0.15, 0.2) is 0 Å². The van der Waals surface area contributed by atoms with Crippen molar-refractivity contribution in [1.29, 1.82) is 0 Å². The van der Waals surface area contributed by atoms with Gasteiger partial charge in [-0.05, 0) is 46.9 Å². The lowest BCUT2D eigenvalue weighted by Crippen LogP contribution is -2.41. The minimum atomic E-state index is -1.26. The summed E-state index contributed by atoms with van der Waals surface area (Å²) in [7, 11) is 1.63. The number of hydrogen-bond donors (Lipinski definition) is 3. The standard InChI is InChI=1S/C24H21N3O5/c1-32-20-8-6-18(7-9-20)17-4-2-16(3-5-17)14-19-12-13-25-15-21(19)24(31)27-26-22(28)10-11-23(29)30/h2-13,15H,14H2,1H3,(H,26,28)(H,27,31)(H,29,30)/b11-10+. The first-order valence-electron chi connectivity index (χ1n) is 9.64. The van der Waals surface area contributed by atoms with E-state index in [1.807, 2.05) is 48.5 Å². The molecule has 3 aromatic rings. The zero-order chi connectivity index (χ0) is 22.9. The monoisotopic (exact) mass is 431 g/mol. The Kier molecular flexibility index (Phi) is 7.32. The summed E-state index contributed by atoms with van der Waals surface area (Å²) in [5.74, 6) is -1.79. The highest BCUT2D eigenvalue weighted by atomic mass is 16.5. The summed E-state index contributed by atoms with van der Waals surface area (Å²) in [6, 6.07) is 17.5. The highest BCUT2D eigenvalue weighted by molar-refractivity contribution is 5.99. The van der Waals surface area contributed by atoms with E-state index in [9.17, 15) is 14.4 Å². The Bertz CT molecular complexity index is 1140. The molecule has 162 valence electrons. The second-order valence-corrected chi connectivity index (χ2v) is 6.75. The maximum Gasteiger partial charge on any atom is 0.328 e. The maximum atomic E-state index is 12.5. The van der Waals surface area contributed by atoms with Crippen LogP contribution in [0.15, 0.2) is 79.1 Å². The van der Waals surface area contributed by atoms with Gasteiger partial charge in [-0.2, -0.15) is 0 Å². The Morgan fingerprint density at radius 2 is 1.59 bits per heavy atom. The summed E-state index contributed by atoms with van der Waals surface area (Å²) in [5, 5.41) is 8.53. The largest absolute Gasteiger partial charge is 0.497 e. The molecule has 0 saturated carbocycles. The topological polar surface area (TPSA) is 118 Å². The summed E-state index contributed by atoms with van der Waals surface area (Å²) in [6.07, 6.45) is 4.96. The minimum absolute atomic E-state index is 0.300. The van der Waals surface area contributed by atoms with Crippen LogP contribution in [0.5, 0.6) is 5.75 Å². The van der Waals surface area contributed by atoms with Gasteiger partial charge in [0.2, 0.25) is 0 Å². The van der Waals surface area contributed by atoms with E-state index < -0.39 is 17.8 Å². The number of nitrogens with one attached hydrogen (secondary N) is 2. The molecule has 0 fully saturated rings. The first-order valence-corrected chi connectivity index (χ1v) is 9.64. The second-order valence-electron chi connectivity index (χ2n) is 6.75. The third-order valence-corrected chi connectivity index (χ3v) is 4.60. The van der Waals surface area contributed by atoms with E-state index in [-0.39, 0.29) is 0 Å². The van der Waals surface area contributed by atoms with Crippen molar-refractivity contribution in [3.63, 3.8) is 0 Å². The van der Waals surface area contributed by atoms with Gasteiger partial charge in [-0.3, -0.25) is 25.4 Å². The van der Waals surface area contributed by atoms with Crippen LogP contribution >= 0.6 is 0 Å². The first-order chi connectivity index (χ1) is 15.5. The maximum absolute atomic E-state index is 12.5. The molecule has 2 aromatic carbocycles. The summed E-state index contributed by atoms with van der Waals surface area (Å²) in [4.78, 5) is 38.4. The van der Waals surface area contributed by atoms with Gasteiger partial charge in [0.1, 0.15) is 5.75 Å². The number of aromatic nitrogens is 1. The van der Waals surface area contributed by atoms with Crippen molar-refractivity contribution in [2.75, 3.05) is 7.11 Å². The lowest BCUT2D eigenvalue weighted by atomic mass is 9.98. The number of benzene rings is 2. The molecular weight excluding hydrogens is 410 g/mol. The summed E-state index contributed by atoms with van der Waals surface area (Å²) in [6.45, 7) is 0. The number of hydrazine groups is 1. The lowest BCUT2D eigenvalue weighted by Gasteiger charge is -2.11. The average molecular weight is 431 g/mol. The predicted molar refractivity (Wildman–Crippen MR) is 118 cm³/mol. The Hall–Kier alpha value is -4.46. The molecule has 0 bridgehead atoms. The molecule has 0 spiro atoms.